The van der Waals surface area contributed by atoms with Crippen molar-refractivity contribution < 1.29 is 14.3 Å². The van der Waals surface area contributed by atoms with Gasteiger partial charge < -0.3 is 20.7 Å². The van der Waals surface area contributed by atoms with Crippen LogP contribution in [0.25, 0.3) is 11.1 Å². The zero-order valence-corrected chi connectivity index (χ0v) is 18.4. The number of amides is 1. The zero-order chi connectivity index (χ0) is 21.7. The first kappa shape index (κ1) is 21.5. The fourth-order valence-corrected chi connectivity index (χ4v) is 4.34. The Morgan fingerprint density at radius 1 is 0.933 bits per heavy atom. The van der Waals surface area contributed by atoms with Gasteiger partial charge in [-0.1, -0.05) is 30.3 Å². The van der Waals surface area contributed by atoms with E-state index in [9.17, 15) is 9.59 Å². The molecule has 0 bridgehead atoms. The number of nitrogens with one attached hydrogen (secondary N) is 3. The Labute approximate surface area is 184 Å². The van der Waals surface area contributed by atoms with Crippen molar-refractivity contribution in [2.24, 2.45) is 0 Å². The Bertz CT molecular complexity index is 1080. The van der Waals surface area contributed by atoms with Crippen LogP contribution in [-0.2, 0) is 9.53 Å². The molecule has 6 nitrogen and oxygen atoms in total. The average Bonchev–Trinajstić information content (AvgIpc) is 3.04. The molecule has 3 N–H and O–H groups in total. The minimum Gasteiger partial charge on any atom is -0.465 e. The number of carbonyl (C=O) groups excluding carboxylic acids is 2. The molecule has 0 radical (unpaired) electrons. The molecule has 0 atom stereocenters. The molecule has 8 heteroatoms. The second-order valence-electron chi connectivity index (χ2n) is 6.43. The smallest absolute Gasteiger partial charge is 0.341 e. The first-order valence-electron chi connectivity index (χ1n) is 9.12. The number of benzene rings is 2. The monoisotopic (exact) mass is 439 g/mol. The molecule has 1 amide bonds. The Balaban J connectivity index is 1.83. The van der Waals surface area contributed by atoms with Crippen LogP contribution in [0.15, 0.2) is 54.6 Å². The highest BCUT2D eigenvalue weighted by atomic mass is 32.1. The number of hydrogen-bond acceptors (Lipinski definition) is 5. The maximum atomic E-state index is 12.6. The van der Waals surface area contributed by atoms with Crippen molar-refractivity contribution in [2.75, 3.05) is 23.1 Å². The number of hydrogen-bond donors (Lipinski definition) is 3. The molecule has 0 saturated carbocycles. The lowest BCUT2D eigenvalue weighted by molar-refractivity contribution is -0.114. The molecule has 0 aliphatic heterocycles. The highest BCUT2D eigenvalue weighted by molar-refractivity contribution is 7.80. The summed E-state index contributed by atoms with van der Waals surface area (Å²) in [4.78, 5) is 24.7. The van der Waals surface area contributed by atoms with Crippen molar-refractivity contribution in [3.8, 4) is 11.1 Å². The quantitative estimate of drug-likeness (QED) is 0.371. The number of esters is 1. The second kappa shape index (κ2) is 9.51. The van der Waals surface area contributed by atoms with Gasteiger partial charge in [0, 0.05) is 28.7 Å². The Morgan fingerprint density at radius 3 is 2.10 bits per heavy atom. The number of anilines is 3. The minimum atomic E-state index is -0.428. The maximum Gasteiger partial charge on any atom is 0.341 e. The maximum absolute atomic E-state index is 12.6. The molecule has 3 rings (SSSR count). The third kappa shape index (κ3) is 5.03. The zero-order valence-electron chi connectivity index (χ0n) is 16.7. The largest absolute Gasteiger partial charge is 0.465 e. The lowest BCUT2D eigenvalue weighted by atomic mass is 10.0. The molecular weight excluding hydrogens is 418 g/mol. The Kier molecular flexibility index (Phi) is 6.81. The number of rotatable bonds is 5. The first-order valence-corrected chi connectivity index (χ1v) is 10.3. The number of thiophene rings is 1. The van der Waals surface area contributed by atoms with Crippen LogP contribution < -0.4 is 16.0 Å². The molecule has 0 aliphatic carbocycles. The van der Waals surface area contributed by atoms with Gasteiger partial charge in [-0.05, 0) is 49.0 Å². The SMILES string of the molecule is COC(=O)c1c(NC(=S)Nc2ccc(NC(C)=O)cc2)sc(C)c1-c1ccccc1. The van der Waals surface area contributed by atoms with Gasteiger partial charge in [-0.3, -0.25) is 4.79 Å². The summed E-state index contributed by atoms with van der Waals surface area (Å²) in [6, 6.07) is 16.8. The Morgan fingerprint density at radius 2 is 1.53 bits per heavy atom. The summed E-state index contributed by atoms with van der Waals surface area (Å²) >= 11 is 6.88. The van der Waals surface area contributed by atoms with Crippen molar-refractivity contribution in [3.05, 3.63) is 65.0 Å². The van der Waals surface area contributed by atoms with Crippen molar-refractivity contribution in [3.63, 3.8) is 0 Å². The van der Waals surface area contributed by atoms with Gasteiger partial charge in [0.15, 0.2) is 5.11 Å². The van der Waals surface area contributed by atoms with Gasteiger partial charge in [-0.15, -0.1) is 11.3 Å². The van der Waals surface area contributed by atoms with Gasteiger partial charge in [-0.25, -0.2) is 4.79 Å². The van der Waals surface area contributed by atoms with Gasteiger partial charge in [0.2, 0.25) is 5.91 Å². The summed E-state index contributed by atoms with van der Waals surface area (Å²) in [5.74, 6) is -0.561. The van der Waals surface area contributed by atoms with E-state index in [-0.39, 0.29) is 5.91 Å². The van der Waals surface area contributed by atoms with Crippen LogP contribution >= 0.6 is 23.6 Å². The van der Waals surface area contributed by atoms with E-state index >= 15 is 0 Å². The average molecular weight is 440 g/mol. The van der Waals surface area contributed by atoms with Gasteiger partial charge in [0.1, 0.15) is 10.6 Å². The Hall–Kier alpha value is -3.23. The fraction of sp³-hybridized carbons (Fsp3) is 0.136. The summed E-state index contributed by atoms with van der Waals surface area (Å²) in [5, 5.41) is 9.87. The van der Waals surface area contributed by atoms with Crippen molar-refractivity contribution in [1.82, 2.24) is 0 Å². The van der Waals surface area contributed by atoms with Crippen molar-refractivity contribution >= 4 is 56.9 Å². The standard InChI is InChI=1S/C22H21N3O3S2/c1-13-18(15-7-5-4-6-8-15)19(21(27)28-3)20(30-13)25-22(29)24-17-11-9-16(10-12-17)23-14(2)26/h4-12H,1-3H3,(H,23,26)(H2,24,25,29). The molecule has 154 valence electrons. The van der Waals surface area contributed by atoms with E-state index in [1.54, 1.807) is 24.3 Å². The summed E-state index contributed by atoms with van der Waals surface area (Å²) in [5.41, 5.74) is 3.67. The molecule has 0 fully saturated rings. The van der Waals surface area contributed by atoms with Crippen LogP contribution in [0.5, 0.6) is 0 Å². The molecule has 0 saturated heterocycles. The van der Waals surface area contributed by atoms with E-state index < -0.39 is 5.97 Å². The van der Waals surface area contributed by atoms with E-state index in [2.05, 4.69) is 16.0 Å². The molecule has 0 spiro atoms. The molecule has 3 aromatic rings. The van der Waals surface area contributed by atoms with Gasteiger partial charge >= 0.3 is 5.97 Å². The van der Waals surface area contributed by atoms with Crippen molar-refractivity contribution in [2.45, 2.75) is 13.8 Å². The van der Waals surface area contributed by atoms with Crippen LogP contribution in [0, 0.1) is 6.92 Å². The summed E-state index contributed by atoms with van der Waals surface area (Å²) in [7, 11) is 1.36. The van der Waals surface area contributed by atoms with Gasteiger partial charge in [-0.2, -0.15) is 0 Å². The first-order chi connectivity index (χ1) is 14.4. The topological polar surface area (TPSA) is 79.5 Å². The molecule has 1 aromatic heterocycles. The normalized spacial score (nSPS) is 10.2. The fourth-order valence-electron chi connectivity index (χ4n) is 2.99. The molecule has 2 aromatic carbocycles. The van der Waals surface area contributed by atoms with Crippen LogP contribution in [0.2, 0.25) is 0 Å². The number of carbonyl (C=O) groups is 2. The molecule has 30 heavy (non-hydrogen) atoms. The van der Waals surface area contributed by atoms with E-state index in [4.69, 9.17) is 17.0 Å². The van der Waals surface area contributed by atoms with E-state index in [1.165, 1.54) is 25.4 Å². The number of thiocarbonyl (C=S) groups is 1. The molecular formula is C22H21N3O3S2. The lowest BCUT2D eigenvalue weighted by Crippen LogP contribution is -2.20. The highest BCUT2D eigenvalue weighted by Gasteiger charge is 2.24. The van der Waals surface area contributed by atoms with Crippen LogP contribution in [0.3, 0.4) is 0 Å². The van der Waals surface area contributed by atoms with Crippen LogP contribution in [0.4, 0.5) is 16.4 Å². The van der Waals surface area contributed by atoms with Crippen molar-refractivity contribution in [1.29, 1.82) is 0 Å². The predicted octanol–water partition coefficient (Wildman–Crippen LogP) is 5.28. The van der Waals surface area contributed by atoms with Gasteiger partial charge in [0.05, 0.1) is 7.11 Å². The number of methoxy groups -OCH3 is 1. The van der Waals surface area contributed by atoms with Crippen LogP contribution in [0.1, 0.15) is 22.2 Å². The van der Waals surface area contributed by atoms with E-state index in [0.717, 1.165) is 21.7 Å². The molecule has 0 unspecified atom stereocenters. The summed E-state index contributed by atoms with van der Waals surface area (Å²) < 4.78 is 5.03. The van der Waals surface area contributed by atoms with E-state index in [1.807, 2.05) is 37.3 Å². The summed E-state index contributed by atoms with van der Waals surface area (Å²) in [6.07, 6.45) is 0. The van der Waals surface area contributed by atoms with Gasteiger partial charge in [0.25, 0.3) is 0 Å². The van der Waals surface area contributed by atoms with Crippen LogP contribution in [-0.4, -0.2) is 24.1 Å². The number of ether oxygens (including phenoxy) is 1. The molecule has 1 heterocycles. The third-order valence-corrected chi connectivity index (χ3v) is 5.45. The predicted molar refractivity (Wildman–Crippen MR) is 126 cm³/mol. The lowest BCUT2D eigenvalue weighted by Gasteiger charge is -2.12. The minimum absolute atomic E-state index is 0.134. The third-order valence-electron chi connectivity index (χ3n) is 4.23. The molecule has 0 aliphatic rings. The van der Waals surface area contributed by atoms with E-state index in [0.29, 0.717) is 21.4 Å². The highest BCUT2D eigenvalue weighted by Crippen LogP contribution is 2.40. The number of aryl methyl sites for hydroxylation is 1. The summed E-state index contributed by atoms with van der Waals surface area (Å²) in [6.45, 7) is 3.42. The second-order valence-corrected chi connectivity index (χ2v) is 8.07.